The molecule has 136 valence electrons. The van der Waals surface area contributed by atoms with Gasteiger partial charge in [0.25, 0.3) is 5.91 Å². The van der Waals surface area contributed by atoms with Gasteiger partial charge >= 0.3 is 0 Å². The number of nitrogens with zero attached hydrogens (tertiary/aromatic N) is 1. The molecule has 3 aromatic rings. The number of amides is 1. The fraction of sp³-hybridized carbons (Fsp3) is 0.182. The van der Waals surface area contributed by atoms with Gasteiger partial charge in [-0.05, 0) is 41.3 Å². The summed E-state index contributed by atoms with van der Waals surface area (Å²) in [5.74, 6) is 0.802. The zero-order chi connectivity index (χ0) is 18.8. The summed E-state index contributed by atoms with van der Waals surface area (Å²) in [5, 5.41) is 0. The van der Waals surface area contributed by atoms with Crippen molar-refractivity contribution in [2.24, 2.45) is 0 Å². The summed E-state index contributed by atoms with van der Waals surface area (Å²) in [7, 11) is 1.65. The van der Waals surface area contributed by atoms with Gasteiger partial charge < -0.3 is 14.6 Å². The molecule has 0 radical (unpaired) electrons. The normalized spacial score (nSPS) is 13.1. The van der Waals surface area contributed by atoms with Crippen LogP contribution in [0.1, 0.15) is 21.5 Å². The molecule has 0 unspecified atom stereocenters. The van der Waals surface area contributed by atoms with Gasteiger partial charge in [0.05, 0.1) is 7.11 Å². The van der Waals surface area contributed by atoms with Crippen molar-refractivity contribution >= 4 is 5.91 Å². The number of H-pyrrole nitrogens is 1. The van der Waals surface area contributed by atoms with E-state index in [1.807, 2.05) is 53.4 Å². The first-order chi connectivity index (χ1) is 13.2. The van der Waals surface area contributed by atoms with Crippen LogP contribution in [-0.2, 0) is 13.0 Å². The number of aromatic amines is 1. The zero-order valence-corrected chi connectivity index (χ0v) is 15.1. The Morgan fingerprint density at radius 2 is 1.85 bits per heavy atom. The lowest BCUT2D eigenvalue weighted by atomic mass is 10.00. The third-order valence-electron chi connectivity index (χ3n) is 4.96. The topological polar surface area (TPSA) is 62.4 Å². The maximum absolute atomic E-state index is 12.9. The number of pyridine rings is 1. The molecular weight excluding hydrogens is 340 g/mol. The maximum Gasteiger partial charge on any atom is 0.254 e. The van der Waals surface area contributed by atoms with Crippen LogP contribution in [0.15, 0.2) is 65.6 Å². The molecule has 1 N–H and O–H groups in total. The van der Waals surface area contributed by atoms with E-state index in [1.54, 1.807) is 19.4 Å². The Morgan fingerprint density at radius 3 is 2.63 bits per heavy atom. The van der Waals surface area contributed by atoms with Gasteiger partial charge in [-0.15, -0.1) is 0 Å². The molecule has 0 bridgehead atoms. The summed E-state index contributed by atoms with van der Waals surface area (Å²) in [4.78, 5) is 28.8. The number of nitrogens with one attached hydrogen (secondary N) is 1. The van der Waals surface area contributed by atoms with Crippen LogP contribution in [0.3, 0.4) is 0 Å². The lowest BCUT2D eigenvalue weighted by Gasteiger charge is -2.28. The Morgan fingerprint density at radius 1 is 1.07 bits per heavy atom. The van der Waals surface area contributed by atoms with E-state index in [0.29, 0.717) is 25.1 Å². The molecule has 0 atom stereocenters. The SMILES string of the molecule is COc1ccccc1-c1ccc(C(=O)N2CCc3cc(=O)[nH]cc3C2)cc1. The first kappa shape index (κ1) is 17.1. The van der Waals surface area contributed by atoms with Gasteiger partial charge in [-0.1, -0.05) is 30.3 Å². The summed E-state index contributed by atoms with van der Waals surface area (Å²) in [6.07, 6.45) is 2.41. The number of methoxy groups -OCH3 is 1. The number of hydrogen-bond acceptors (Lipinski definition) is 3. The van der Waals surface area contributed by atoms with E-state index in [2.05, 4.69) is 4.98 Å². The molecule has 0 saturated carbocycles. The Kier molecular flexibility index (Phi) is 4.50. The standard InChI is InChI=1S/C22H20N2O3/c1-27-20-5-3-2-4-19(20)15-6-8-16(9-7-15)22(26)24-11-10-17-12-21(25)23-13-18(17)14-24/h2-9,12-13H,10-11,14H2,1H3,(H,23,25). The number of para-hydroxylation sites is 1. The number of benzene rings is 2. The summed E-state index contributed by atoms with van der Waals surface area (Å²) in [5.41, 5.74) is 4.58. The summed E-state index contributed by atoms with van der Waals surface area (Å²) < 4.78 is 5.41. The summed E-state index contributed by atoms with van der Waals surface area (Å²) >= 11 is 0. The Balaban J connectivity index is 1.55. The quantitative estimate of drug-likeness (QED) is 0.780. The summed E-state index contributed by atoms with van der Waals surface area (Å²) in [6.45, 7) is 1.13. The van der Waals surface area contributed by atoms with Gasteiger partial charge in [-0.25, -0.2) is 0 Å². The molecule has 1 aromatic heterocycles. The monoisotopic (exact) mass is 360 g/mol. The van der Waals surface area contributed by atoms with Crippen molar-refractivity contribution in [1.82, 2.24) is 9.88 Å². The van der Waals surface area contributed by atoms with Crippen LogP contribution in [0.25, 0.3) is 11.1 Å². The number of carbonyl (C=O) groups is 1. The number of aromatic nitrogens is 1. The maximum atomic E-state index is 12.9. The molecule has 0 spiro atoms. The molecule has 2 heterocycles. The number of rotatable bonds is 3. The van der Waals surface area contributed by atoms with Crippen molar-refractivity contribution in [2.45, 2.75) is 13.0 Å². The lowest BCUT2D eigenvalue weighted by molar-refractivity contribution is 0.0734. The minimum absolute atomic E-state index is 0.00146. The molecular formula is C22H20N2O3. The molecule has 1 aliphatic rings. The van der Waals surface area contributed by atoms with Crippen LogP contribution in [0.5, 0.6) is 5.75 Å². The molecule has 5 nitrogen and oxygen atoms in total. The molecule has 0 saturated heterocycles. The van der Waals surface area contributed by atoms with Crippen molar-refractivity contribution in [2.75, 3.05) is 13.7 Å². The van der Waals surface area contributed by atoms with Gasteiger partial charge in [0.2, 0.25) is 5.56 Å². The zero-order valence-electron chi connectivity index (χ0n) is 15.1. The predicted octanol–water partition coefficient (Wildman–Crippen LogP) is 3.25. The third-order valence-corrected chi connectivity index (χ3v) is 4.96. The molecule has 4 rings (SSSR count). The van der Waals surface area contributed by atoms with E-state index >= 15 is 0 Å². The van der Waals surface area contributed by atoms with E-state index in [9.17, 15) is 9.59 Å². The fourth-order valence-electron chi connectivity index (χ4n) is 3.49. The molecule has 2 aromatic carbocycles. The van der Waals surface area contributed by atoms with E-state index in [-0.39, 0.29) is 11.5 Å². The van der Waals surface area contributed by atoms with Crippen LogP contribution in [0, 0.1) is 0 Å². The second kappa shape index (κ2) is 7.11. The highest BCUT2D eigenvalue weighted by molar-refractivity contribution is 5.95. The van der Waals surface area contributed by atoms with Crippen LogP contribution >= 0.6 is 0 Å². The van der Waals surface area contributed by atoms with Crippen LogP contribution in [-0.4, -0.2) is 29.4 Å². The second-order valence-corrected chi connectivity index (χ2v) is 6.60. The molecule has 5 heteroatoms. The molecule has 27 heavy (non-hydrogen) atoms. The van der Waals surface area contributed by atoms with Crippen LogP contribution < -0.4 is 10.3 Å². The number of carbonyl (C=O) groups excluding carboxylic acids is 1. The van der Waals surface area contributed by atoms with Crippen molar-refractivity contribution in [3.63, 3.8) is 0 Å². The highest BCUT2D eigenvalue weighted by Gasteiger charge is 2.22. The minimum Gasteiger partial charge on any atom is -0.496 e. The molecule has 1 aliphatic heterocycles. The Hall–Kier alpha value is -3.34. The lowest BCUT2D eigenvalue weighted by Crippen LogP contribution is -2.36. The van der Waals surface area contributed by atoms with Gasteiger partial charge in [-0.3, -0.25) is 9.59 Å². The molecule has 1 amide bonds. The molecule has 0 aliphatic carbocycles. The Labute approximate surface area is 157 Å². The first-order valence-corrected chi connectivity index (χ1v) is 8.89. The number of ether oxygens (including phenoxy) is 1. The van der Waals surface area contributed by atoms with Crippen molar-refractivity contribution < 1.29 is 9.53 Å². The molecule has 0 fully saturated rings. The van der Waals surface area contributed by atoms with Crippen molar-refractivity contribution in [3.05, 3.63) is 87.8 Å². The highest BCUT2D eigenvalue weighted by atomic mass is 16.5. The van der Waals surface area contributed by atoms with E-state index < -0.39 is 0 Å². The second-order valence-electron chi connectivity index (χ2n) is 6.60. The Bertz CT molecular complexity index is 1040. The average Bonchev–Trinajstić information content (AvgIpc) is 2.73. The van der Waals surface area contributed by atoms with E-state index in [1.165, 1.54) is 0 Å². The fourth-order valence-corrected chi connectivity index (χ4v) is 3.49. The first-order valence-electron chi connectivity index (χ1n) is 8.89. The number of fused-ring (bicyclic) bond motifs is 1. The highest BCUT2D eigenvalue weighted by Crippen LogP contribution is 2.30. The van der Waals surface area contributed by atoms with Crippen molar-refractivity contribution in [3.8, 4) is 16.9 Å². The van der Waals surface area contributed by atoms with Gasteiger partial charge in [0.1, 0.15) is 5.75 Å². The number of hydrogen-bond donors (Lipinski definition) is 1. The summed E-state index contributed by atoms with van der Waals surface area (Å²) in [6, 6.07) is 17.0. The average molecular weight is 360 g/mol. The minimum atomic E-state index is -0.0968. The van der Waals surface area contributed by atoms with Gasteiger partial charge in [0, 0.05) is 36.5 Å². The van der Waals surface area contributed by atoms with Crippen LogP contribution in [0.4, 0.5) is 0 Å². The van der Waals surface area contributed by atoms with Gasteiger partial charge in [-0.2, -0.15) is 0 Å². The largest absolute Gasteiger partial charge is 0.496 e. The van der Waals surface area contributed by atoms with Crippen molar-refractivity contribution in [1.29, 1.82) is 0 Å². The van der Waals surface area contributed by atoms with Gasteiger partial charge in [0.15, 0.2) is 0 Å². The van der Waals surface area contributed by atoms with E-state index in [4.69, 9.17) is 4.74 Å². The third kappa shape index (κ3) is 3.36. The van der Waals surface area contributed by atoms with E-state index in [0.717, 1.165) is 28.0 Å². The smallest absolute Gasteiger partial charge is 0.254 e. The van der Waals surface area contributed by atoms with Crippen LogP contribution in [0.2, 0.25) is 0 Å². The predicted molar refractivity (Wildman–Crippen MR) is 104 cm³/mol.